The Bertz CT molecular complexity index is 126. The van der Waals surface area contributed by atoms with Crippen molar-refractivity contribution in [1.82, 2.24) is 0 Å². The second-order valence-electron chi connectivity index (χ2n) is 2.72. The van der Waals surface area contributed by atoms with Crippen molar-refractivity contribution in [2.75, 3.05) is 0 Å². The number of rotatable bonds is 0. The van der Waals surface area contributed by atoms with Crippen molar-refractivity contribution in [2.24, 2.45) is 0 Å². The van der Waals surface area contributed by atoms with Gasteiger partial charge in [-0.3, -0.25) is 0 Å². The van der Waals surface area contributed by atoms with Crippen LogP contribution in [0.3, 0.4) is 0 Å². The normalized spacial score (nSPS) is 24.9. The van der Waals surface area contributed by atoms with Gasteiger partial charge in [0.15, 0.2) is 0 Å². The van der Waals surface area contributed by atoms with Crippen molar-refractivity contribution >= 4 is 0 Å². The van der Waals surface area contributed by atoms with E-state index in [0.29, 0.717) is 0 Å². The molecule has 1 nitrogen and oxygen atoms in total. The van der Waals surface area contributed by atoms with Gasteiger partial charge in [0, 0.05) is 0 Å². The molecule has 1 N–H and O–H groups in total. The average Bonchev–Trinajstić information content (AvgIpc) is 1.90. The number of aliphatic hydroxyl groups is 1. The molecule has 0 unspecified atom stereocenters. The van der Waals surface area contributed by atoms with Crippen LogP contribution in [0.1, 0.15) is 32.1 Å². The van der Waals surface area contributed by atoms with Crippen molar-refractivity contribution in [3.8, 4) is 5.92 Å². The van der Waals surface area contributed by atoms with Crippen LogP contribution in [0.5, 0.6) is 0 Å². The van der Waals surface area contributed by atoms with E-state index in [9.17, 15) is 5.11 Å². The molecule has 1 heteroatoms. The molecule has 0 amide bonds. The molecule has 1 rings (SSSR count). The fraction of sp³-hybridized carbons (Fsp3) is 0.750. The number of hydrogen-bond acceptors (Lipinski definition) is 1. The molecule has 1 saturated carbocycles. The molecule has 0 aliphatic heterocycles. The summed E-state index contributed by atoms with van der Waals surface area (Å²) in [5.74, 6) is 2.19. The lowest BCUT2D eigenvalue weighted by atomic mass is 9.86. The van der Waals surface area contributed by atoms with Crippen LogP contribution in [0.4, 0.5) is 0 Å². The first kappa shape index (κ1) is 6.64. The fourth-order valence-corrected chi connectivity index (χ4v) is 1.26. The number of hydrogen-bond donors (Lipinski definition) is 1. The lowest BCUT2D eigenvalue weighted by molar-refractivity contribution is 0.0608. The van der Waals surface area contributed by atoms with Crippen LogP contribution < -0.4 is 0 Å². The zero-order chi connectivity index (χ0) is 6.74. The Morgan fingerprint density at radius 3 is 2.11 bits per heavy atom. The van der Waals surface area contributed by atoms with Crippen molar-refractivity contribution < 1.29 is 5.11 Å². The van der Waals surface area contributed by atoms with Crippen LogP contribution >= 0.6 is 0 Å². The summed E-state index contributed by atoms with van der Waals surface area (Å²) in [6.45, 7) is 0. The Morgan fingerprint density at radius 2 is 1.78 bits per heavy atom. The maximum Gasteiger partial charge on any atom is 0.126 e. The molecule has 0 atom stereocenters. The first-order valence-electron chi connectivity index (χ1n) is 3.43. The predicted molar refractivity (Wildman–Crippen MR) is 35.2 cm³/mol. The molecule has 1 fully saturated rings. The fourth-order valence-electron chi connectivity index (χ4n) is 1.26. The zero-order valence-electron chi connectivity index (χ0n) is 5.48. The highest BCUT2D eigenvalue weighted by Crippen LogP contribution is 2.26. The summed E-state index contributed by atoms with van der Waals surface area (Å²) in [5, 5.41) is 9.38. The Morgan fingerprint density at radius 1 is 1.22 bits per heavy atom. The molecule has 0 saturated heterocycles. The topological polar surface area (TPSA) is 20.2 Å². The van der Waals surface area contributed by atoms with E-state index in [1.807, 2.05) is 0 Å². The summed E-state index contributed by atoms with van der Waals surface area (Å²) < 4.78 is 0. The van der Waals surface area contributed by atoms with Gasteiger partial charge in [0.1, 0.15) is 5.60 Å². The maximum absolute atomic E-state index is 9.38. The zero-order valence-corrected chi connectivity index (χ0v) is 5.48. The minimum Gasteiger partial charge on any atom is -0.378 e. The van der Waals surface area contributed by atoms with Crippen molar-refractivity contribution in [2.45, 2.75) is 37.7 Å². The van der Waals surface area contributed by atoms with Crippen molar-refractivity contribution in [3.05, 3.63) is 6.42 Å². The van der Waals surface area contributed by atoms with Gasteiger partial charge in [0.05, 0.1) is 0 Å². The van der Waals surface area contributed by atoms with Crippen LogP contribution in [0, 0.1) is 12.3 Å². The highest BCUT2D eigenvalue weighted by atomic mass is 16.3. The smallest absolute Gasteiger partial charge is 0.126 e. The first-order chi connectivity index (χ1) is 4.27. The quantitative estimate of drug-likeness (QED) is 0.481. The lowest BCUT2D eigenvalue weighted by Crippen LogP contribution is -2.28. The Hall–Kier alpha value is -0.480. The van der Waals surface area contributed by atoms with Crippen LogP contribution in [-0.2, 0) is 0 Å². The van der Waals surface area contributed by atoms with E-state index in [0.717, 1.165) is 25.7 Å². The summed E-state index contributed by atoms with van der Waals surface area (Å²) in [6.07, 6.45) is 11.5. The highest BCUT2D eigenvalue weighted by molar-refractivity contribution is 5.04. The van der Waals surface area contributed by atoms with Crippen LogP contribution in [-0.4, -0.2) is 10.7 Å². The molecule has 49 valence electrons. The molecule has 9 heavy (non-hydrogen) atoms. The minimum absolute atomic E-state index is 0.733. The SMILES string of the molecule is [C]#CC1(O)CCCCC1. The van der Waals surface area contributed by atoms with E-state index in [1.165, 1.54) is 6.42 Å². The average molecular weight is 123 g/mol. The molecule has 1 aliphatic rings. The second-order valence-corrected chi connectivity index (χ2v) is 2.72. The first-order valence-corrected chi connectivity index (χ1v) is 3.43. The second kappa shape index (κ2) is 2.41. The summed E-state index contributed by atoms with van der Waals surface area (Å²) >= 11 is 0. The van der Waals surface area contributed by atoms with Gasteiger partial charge in [0.2, 0.25) is 0 Å². The third-order valence-electron chi connectivity index (χ3n) is 1.91. The molecule has 0 spiro atoms. The van der Waals surface area contributed by atoms with Gasteiger partial charge in [0.25, 0.3) is 0 Å². The van der Waals surface area contributed by atoms with Crippen LogP contribution in [0.15, 0.2) is 0 Å². The Kier molecular flexibility index (Phi) is 1.78. The molecular formula is C8H11O. The van der Waals surface area contributed by atoms with Crippen LogP contribution in [0.2, 0.25) is 0 Å². The van der Waals surface area contributed by atoms with Crippen LogP contribution in [0.25, 0.3) is 0 Å². The van der Waals surface area contributed by atoms with Gasteiger partial charge in [-0.05, 0) is 32.1 Å². The third-order valence-corrected chi connectivity index (χ3v) is 1.91. The van der Waals surface area contributed by atoms with E-state index < -0.39 is 5.60 Å². The third kappa shape index (κ3) is 1.46. The van der Waals surface area contributed by atoms with E-state index in [-0.39, 0.29) is 0 Å². The van der Waals surface area contributed by atoms with Crippen molar-refractivity contribution in [3.63, 3.8) is 0 Å². The van der Waals surface area contributed by atoms with Gasteiger partial charge < -0.3 is 5.11 Å². The molecule has 0 bridgehead atoms. The standard InChI is InChI=1S/C8H11O/c1-2-8(9)6-4-3-5-7-8/h9H,3-7H2. The van der Waals surface area contributed by atoms with Gasteiger partial charge in [-0.2, -0.15) is 0 Å². The lowest BCUT2D eigenvalue weighted by Gasteiger charge is -2.25. The molecule has 0 aromatic heterocycles. The monoisotopic (exact) mass is 123 g/mol. The van der Waals surface area contributed by atoms with Gasteiger partial charge in [-0.25, -0.2) is 0 Å². The van der Waals surface area contributed by atoms with Gasteiger partial charge in [-0.15, -0.1) is 0 Å². The summed E-state index contributed by atoms with van der Waals surface area (Å²) in [6, 6.07) is 0. The van der Waals surface area contributed by atoms with E-state index in [4.69, 9.17) is 6.42 Å². The predicted octanol–water partition coefficient (Wildman–Crippen LogP) is 1.27. The van der Waals surface area contributed by atoms with Gasteiger partial charge >= 0.3 is 0 Å². The molecule has 1 radical (unpaired) electrons. The Balaban J connectivity index is 2.49. The molecular weight excluding hydrogens is 112 g/mol. The molecule has 0 aromatic rings. The van der Waals surface area contributed by atoms with E-state index >= 15 is 0 Å². The Labute approximate surface area is 56.1 Å². The molecule has 1 aliphatic carbocycles. The molecule has 0 aromatic carbocycles. The van der Waals surface area contributed by atoms with E-state index in [2.05, 4.69) is 5.92 Å². The largest absolute Gasteiger partial charge is 0.378 e. The minimum atomic E-state index is -0.863. The maximum atomic E-state index is 9.38. The van der Waals surface area contributed by atoms with E-state index in [1.54, 1.807) is 0 Å². The highest BCUT2D eigenvalue weighted by Gasteiger charge is 2.25. The van der Waals surface area contributed by atoms with Crippen molar-refractivity contribution in [1.29, 1.82) is 0 Å². The summed E-state index contributed by atoms with van der Waals surface area (Å²) in [7, 11) is 0. The molecule has 0 heterocycles. The summed E-state index contributed by atoms with van der Waals surface area (Å²) in [4.78, 5) is 0. The van der Waals surface area contributed by atoms with Gasteiger partial charge in [-0.1, -0.05) is 12.3 Å². The summed E-state index contributed by atoms with van der Waals surface area (Å²) in [5.41, 5.74) is -0.863.